The number of rotatable bonds is 5. The summed E-state index contributed by atoms with van der Waals surface area (Å²) in [6.45, 7) is 0.631. The molecule has 3 aliphatic rings. The first-order valence-corrected chi connectivity index (χ1v) is 13.0. The summed E-state index contributed by atoms with van der Waals surface area (Å²) in [6.07, 6.45) is -17.0. The second-order valence-corrected chi connectivity index (χ2v) is 10.4. The average molecular weight is 581 g/mol. The minimum atomic E-state index is -1.84. The van der Waals surface area contributed by atoms with Crippen LogP contribution in [0.1, 0.15) is 47.0 Å². The van der Waals surface area contributed by atoms with Crippen LogP contribution in [0.4, 0.5) is 0 Å². The van der Waals surface area contributed by atoms with Crippen molar-refractivity contribution in [2.45, 2.75) is 80.7 Å². The van der Waals surface area contributed by atoms with E-state index in [0.29, 0.717) is 5.56 Å². The van der Waals surface area contributed by atoms with Crippen molar-refractivity contribution < 1.29 is 69.7 Å². The lowest BCUT2D eigenvalue weighted by atomic mass is 9.86. The SMILES string of the molecule is CC1OC(OC2C(c3c(O)cc(O)c4c3OC(c3ccc(O)cc3)CC4=O)OC(CO)C(O)C2O)C(O)C(O)C1O. The van der Waals surface area contributed by atoms with Gasteiger partial charge in [-0.25, -0.2) is 0 Å². The molecule has 224 valence electrons. The third kappa shape index (κ3) is 5.22. The molecule has 41 heavy (non-hydrogen) atoms. The number of carbonyl (C=O) groups excluding carboxylic acids is 1. The summed E-state index contributed by atoms with van der Waals surface area (Å²) in [4.78, 5) is 13.2. The Bertz CT molecular complexity index is 1270. The number of fused-ring (bicyclic) bond motifs is 1. The van der Waals surface area contributed by atoms with Crippen molar-refractivity contribution in [3.05, 3.63) is 47.0 Å². The first-order chi connectivity index (χ1) is 19.4. The quantitative estimate of drug-likeness (QED) is 0.204. The Labute approximate surface area is 233 Å². The molecule has 2 saturated heterocycles. The van der Waals surface area contributed by atoms with Gasteiger partial charge in [0.15, 0.2) is 12.1 Å². The monoisotopic (exact) mass is 580 g/mol. The Morgan fingerprint density at radius 3 is 2.22 bits per heavy atom. The number of hydrogen-bond donors (Lipinski definition) is 9. The summed E-state index contributed by atoms with van der Waals surface area (Å²) >= 11 is 0. The molecule has 2 aromatic carbocycles. The van der Waals surface area contributed by atoms with E-state index in [1.54, 1.807) is 0 Å². The third-order valence-corrected chi connectivity index (χ3v) is 7.70. The van der Waals surface area contributed by atoms with Gasteiger partial charge < -0.3 is 64.9 Å². The van der Waals surface area contributed by atoms with Crippen LogP contribution in [0.15, 0.2) is 30.3 Å². The molecule has 9 N–H and O–H groups in total. The third-order valence-electron chi connectivity index (χ3n) is 7.70. The Balaban J connectivity index is 1.58. The van der Waals surface area contributed by atoms with E-state index < -0.39 is 91.2 Å². The van der Waals surface area contributed by atoms with Crippen molar-refractivity contribution in [2.75, 3.05) is 6.61 Å². The summed E-state index contributed by atoms with van der Waals surface area (Å²) in [5.74, 6) is -2.14. The average Bonchev–Trinajstić information content (AvgIpc) is 2.93. The molecule has 11 unspecified atom stereocenters. The van der Waals surface area contributed by atoms with Crippen molar-refractivity contribution >= 4 is 5.78 Å². The van der Waals surface area contributed by atoms with Gasteiger partial charge in [0.05, 0.1) is 24.7 Å². The van der Waals surface area contributed by atoms with Crippen LogP contribution in [-0.4, -0.2) is 113 Å². The zero-order valence-corrected chi connectivity index (χ0v) is 21.7. The highest BCUT2D eigenvalue weighted by atomic mass is 16.7. The fourth-order valence-electron chi connectivity index (χ4n) is 5.40. The predicted octanol–water partition coefficient (Wildman–Crippen LogP) is -1.12. The molecule has 0 amide bonds. The van der Waals surface area contributed by atoms with E-state index >= 15 is 0 Å². The number of aliphatic hydroxyl groups is 6. The van der Waals surface area contributed by atoms with E-state index in [9.17, 15) is 50.8 Å². The maximum atomic E-state index is 13.2. The van der Waals surface area contributed by atoms with Crippen LogP contribution >= 0.6 is 0 Å². The van der Waals surface area contributed by atoms with Crippen LogP contribution in [0.25, 0.3) is 0 Å². The lowest BCUT2D eigenvalue weighted by molar-refractivity contribution is -0.338. The van der Waals surface area contributed by atoms with Gasteiger partial charge in [0.2, 0.25) is 0 Å². The number of phenols is 3. The molecule has 0 radical (unpaired) electrons. The van der Waals surface area contributed by atoms with Gasteiger partial charge in [-0.2, -0.15) is 0 Å². The van der Waals surface area contributed by atoms with Gasteiger partial charge in [-0.3, -0.25) is 4.79 Å². The molecule has 5 rings (SSSR count). The summed E-state index contributed by atoms with van der Waals surface area (Å²) in [5.41, 5.74) is -0.0858. The molecule has 3 heterocycles. The lowest BCUT2D eigenvalue weighted by Gasteiger charge is -2.46. The largest absolute Gasteiger partial charge is 0.508 e. The number of benzene rings is 2. The standard InChI is InChI=1S/C27H32O14/c1-9-19(33)21(35)23(37)27(38-9)41-26-22(36)20(34)16(8-28)40-25(26)18-13(31)6-12(30)17-14(32)7-15(39-24(17)18)10-2-4-11(29)5-3-10/h2-6,9,15-16,19-23,25-31,33-37H,7-8H2,1H3. The van der Waals surface area contributed by atoms with Gasteiger partial charge in [-0.15, -0.1) is 0 Å². The molecule has 14 heteroatoms. The maximum Gasteiger partial charge on any atom is 0.187 e. The van der Waals surface area contributed by atoms with Gasteiger partial charge in [0, 0.05) is 6.07 Å². The molecule has 2 fully saturated rings. The predicted molar refractivity (Wildman–Crippen MR) is 134 cm³/mol. The van der Waals surface area contributed by atoms with Crippen molar-refractivity contribution in [3.8, 4) is 23.0 Å². The number of carbonyl (C=O) groups is 1. The zero-order valence-electron chi connectivity index (χ0n) is 21.7. The van der Waals surface area contributed by atoms with Crippen LogP contribution < -0.4 is 4.74 Å². The van der Waals surface area contributed by atoms with Crippen LogP contribution in [0.3, 0.4) is 0 Å². The fourth-order valence-corrected chi connectivity index (χ4v) is 5.40. The van der Waals surface area contributed by atoms with E-state index in [4.69, 9.17) is 18.9 Å². The maximum absolute atomic E-state index is 13.2. The molecule has 3 aliphatic heterocycles. The van der Waals surface area contributed by atoms with E-state index in [-0.39, 0.29) is 29.0 Å². The number of Topliss-reactive ketones (excluding diaryl/α,β-unsaturated/α-hetero) is 1. The first kappa shape index (κ1) is 29.4. The second kappa shape index (κ2) is 11.3. The van der Waals surface area contributed by atoms with Crippen molar-refractivity contribution in [2.24, 2.45) is 0 Å². The highest BCUT2D eigenvalue weighted by Crippen LogP contribution is 2.51. The summed E-state index contributed by atoms with van der Waals surface area (Å²) in [6, 6.07) is 6.69. The normalized spacial score (nSPS) is 37.3. The van der Waals surface area contributed by atoms with Gasteiger partial charge in [-0.05, 0) is 24.6 Å². The Hall–Kier alpha value is -3.05. The molecule has 11 atom stereocenters. The highest BCUT2D eigenvalue weighted by Gasteiger charge is 2.52. The number of aromatic hydroxyl groups is 3. The number of ether oxygens (including phenoxy) is 4. The van der Waals surface area contributed by atoms with Crippen LogP contribution in [-0.2, 0) is 14.2 Å². The molecular formula is C27H32O14. The van der Waals surface area contributed by atoms with Crippen molar-refractivity contribution in [1.29, 1.82) is 0 Å². The molecule has 0 aromatic heterocycles. The van der Waals surface area contributed by atoms with Gasteiger partial charge >= 0.3 is 0 Å². The summed E-state index contributed by atoms with van der Waals surface area (Å²) in [5, 5.41) is 93.5. The molecular weight excluding hydrogens is 548 g/mol. The van der Waals surface area contributed by atoms with E-state index in [1.807, 2.05) is 0 Å². The fraction of sp³-hybridized carbons (Fsp3) is 0.519. The first-order valence-electron chi connectivity index (χ1n) is 13.0. The molecule has 2 aromatic rings. The van der Waals surface area contributed by atoms with E-state index in [2.05, 4.69) is 0 Å². The highest BCUT2D eigenvalue weighted by molar-refractivity contribution is 6.03. The van der Waals surface area contributed by atoms with E-state index in [1.165, 1.54) is 31.2 Å². The van der Waals surface area contributed by atoms with Gasteiger partial charge in [-0.1, -0.05) is 12.1 Å². The van der Waals surface area contributed by atoms with Crippen LogP contribution in [0.2, 0.25) is 0 Å². The molecule has 0 saturated carbocycles. The zero-order chi connectivity index (χ0) is 29.7. The minimum absolute atomic E-state index is 0.0236. The number of ketones is 1. The Morgan fingerprint density at radius 1 is 0.878 bits per heavy atom. The number of hydrogen-bond acceptors (Lipinski definition) is 14. The molecule has 0 bridgehead atoms. The van der Waals surface area contributed by atoms with Crippen LogP contribution in [0.5, 0.6) is 23.0 Å². The second-order valence-electron chi connectivity index (χ2n) is 10.4. The Morgan fingerprint density at radius 2 is 1.56 bits per heavy atom. The molecule has 0 aliphatic carbocycles. The smallest absolute Gasteiger partial charge is 0.187 e. The van der Waals surface area contributed by atoms with Crippen LogP contribution in [0, 0.1) is 0 Å². The molecule has 14 nitrogen and oxygen atoms in total. The minimum Gasteiger partial charge on any atom is -0.508 e. The van der Waals surface area contributed by atoms with E-state index in [0.717, 1.165) is 6.07 Å². The van der Waals surface area contributed by atoms with Crippen molar-refractivity contribution in [3.63, 3.8) is 0 Å². The summed E-state index contributed by atoms with van der Waals surface area (Å²) < 4.78 is 23.2. The summed E-state index contributed by atoms with van der Waals surface area (Å²) in [7, 11) is 0. The number of phenolic OH excluding ortho intramolecular Hbond substituents is 3. The molecule has 0 spiro atoms. The Kier molecular flexibility index (Phi) is 8.13. The topological polar surface area (TPSA) is 236 Å². The number of aliphatic hydroxyl groups excluding tert-OH is 6. The van der Waals surface area contributed by atoms with Gasteiger partial charge in [0.25, 0.3) is 0 Å². The lowest BCUT2D eigenvalue weighted by Crippen LogP contribution is -2.61. The van der Waals surface area contributed by atoms with Gasteiger partial charge in [0.1, 0.15) is 83.5 Å². The van der Waals surface area contributed by atoms with Crippen molar-refractivity contribution in [1.82, 2.24) is 0 Å².